The maximum absolute atomic E-state index is 11.9. The van der Waals surface area contributed by atoms with Gasteiger partial charge in [0.2, 0.25) is 5.91 Å². The van der Waals surface area contributed by atoms with Gasteiger partial charge in [-0.05, 0) is 57.8 Å². The predicted octanol–water partition coefficient (Wildman–Crippen LogP) is 2.39. The molecule has 0 bridgehead atoms. The van der Waals surface area contributed by atoms with Gasteiger partial charge >= 0.3 is 0 Å². The van der Waals surface area contributed by atoms with Crippen LogP contribution >= 0.6 is 0 Å². The zero-order valence-electron chi connectivity index (χ0n) is 12.7. The van der Waals surface area contributed by atoms with Crippen LogP contribution in [0.15, 0.2) is 24.3 Å². The molecule has 0 aliphatic carbocycles. The largest absolute Gasteiger partial charge is 0.356 e. The number of nitrogens with one attached hydrogen (secondary N) is 1. The van der Waals surface area contributed by atoms with Crippen LogP contribution in [0.3, 0.4) is 0 Å². The van der Waals surface area contributed by atoms with Crippen LogP contribution in [0.4, 0.5) is 0 Å². The zero-order valence-corrected chi connectivity index (χ0v) is 12.7. The fourth-order valence-electron chi connectivity index (χ4n) is 2.74. The quantitative estimate of drug-likeness (QED) is 0.894. The van der Waals surface area contributed by atoms with Crippen molar-refractivity contribution in [3.63, 3.8) is 0 Å². The van der Waals surface area contributed by atoms with E-state index in [1.54, 1.807) is 0 Å². The van der Waals surface area contributed by atoms with Crippen LogP contribution in [0.25, 0.3) is 0 Å². The zero-order chi connectivity index (χ0) is 14.4. The molecular weight excluding hydrogens is 248 g/mol. The number of piperidine rings is 1. The smallest absolute Gasteiger partial charge is 0.220 e. The number of benzene rings is 1. The normalized spacial score (nSPS) is 17.1. The number of likely N-dealkylation sites (tertiary alicyclic amines) is 1. The molecule has 1 aliphatic heterocycles. The van der Waals surface area contributed by atoms with Crippen LogP contribution in [0.5, 0.6) is 0 Å². The van der Waals surface area contributed by atoms with Gasteiger partial charge in [0.25, 0.3) is 0 Å². The first kappa shape index (κ1) is 15.0. The molecule has 3 heteroatoms. The Morgan fingerprint density at radius 1 is 1.35 bits per heavy atom. The van der Waals surface area contributed by atoms with E-state index in [1.165, 1.54) is 24.0 Å². The molecule has 1 fully saturated rings. The first-order valence-electron chi connectivity index (χ1n) is 7.64. The molecule has 0 saturated carbocycles. The summed E-state index contributed by atoms with van der Waals surface area (Å²) in [5.41, 5.74) is 2.51. The summed E-state index contributed by atoms with van der Waals surface area (Å²) in [5, 5.41) is 3.09. The van der Waals surface area contributed by atoms with Crippen molar-refractivity contribution >= 4 is 5.91 Å². The summed E-state index contributed by atoms with van der Waals surface area (Å²) in [6, 6.07) is 8.40. The molecule has 1 saturated heterocycles. The van der Waals surface area contributed by atoms with Gasteiger partial charge in [0, 0.05) is 13.0 Å². The Balaban J connectivity index is 1.65. The van der Waals surface area contributed by atoms with E-state index < -0.39 is 0 Å². The fourth-order valence-corrected chi connectivity index (χ4v) is 2.74. The van der Waals surface area contributed by atoms with Crippen LogP contribution in [-0.4, -0.2) is 37.5 Å². The van der Waals surface area contributed by atoms with Crippen LogP contribution in [0.1, 0.15) is 30.4 Å². The van der Waals surface area contributed by atoms with E-state index in [1.807, 2.05) is 0 Å². The molecule has 20 heavy (non-hydrogen) atoms. The summed E-state index contributed by atoms with van der Waals surface area (Å²) in [6.45, 7) is 5.25. The van der Waals surface area contributed by atoms with Crippen LogP contribution < -0.4 is 5.32 Å². The standard InChI is InChI=1S/C17H26N2O/c1-14-4-3-5-15(12-14)6-7-17(20)18-13-16-8-10-19(2)11-9-16/h3-5,12,16H,6-11,13H2,1-2H3,(H,18,20). The highest BCUT2D eigenvalue weighted by Gasteiger charge is 2.16. The predicted molar refractivity (Wildman–Crippen MR) is 82.7 cm³/mol. The van der Waals surface area contributed by atoms with E-state index in [0.717, 1.165) is 26.1 Å². The molecule has 0 atom stereocenters. The van der Waals surface area contributed by atoms with E-state index in [9.17, 15) is 4.79 Å². The molecular formula is C17H26N2O. The van der Waals surface area contributed by atoms with E-state index in [-0.39, 0.29) is 5.91 Å². The van der Waals surface area contributed by atoms with E-state index in [0.29, 0.717) is 12.3 Å². The van der Waals surface area contributed by atoms with Crippen LogP contribution in [0.2, 0.25) is 0 Å². The number of aryl methyl sites for hydroxylation is 2. The molecule has 3 nitrogen and oxygen atoms in total. The van der Waals surface area contributed by atoms with Gasteiger partial charge in [0.05, 0.1) is 0 Å². The van der Waals surface area contributed by atoms with Gasteiger partial charge in [-0.25, -0.2) is 0 Å². The summed E-state index contributed by atoms with van der Waals surface area (Å²) in [7, 11) is 2.16. The van der Waals surface area contributed by atoms with E-state index in [2.05, 4.69) is 48.5 Å². The van der Waals surface area contributed by atoms with E-state index >= 15 is 0 Å². The Morgan fingerprint density at radius 2 is 2.10 bits per heavy atom. The summed E-state index contributed by atoms with van der Waals surface area (Å²) in [6.07, 6.45) is 3.83. The van der Waals surface area contributed by atoms with Gasteiger partial charge in [-0.1, -0.05) is 29.8 Å². The van der Waals surface area contributed by atoms with Gasteiger partial charge in [-0.15, -0.1) is 0 Å². The molecule has 1 aromatic carbocycles. The Bertz CT molecular complexity index is 436. The van der Waals surface area contributed by atoms with Gasteiger partial charge in [-0.3, -0.25) is 4.79 Å². The highest BCUT2D eigenvalue weighted by Crippen LogP contribution is 2.14. The molecule has 1 heterocycles. The van der Waals surface area contributed by atoms with Crippen molar-refractivity contribution in [1.29, 1.82) is 0 Å². The lowest BCUT2D eigenvalue weighted by Crippen LogP contribution is -2.36. The molecule has 0 aromatic heterocycles. The number of rotatable bonds is 5. The van der Waals surface area contributed by atoms with Crippen molar-refractivity contribution in [1.82, 2.24) is 10.2 Å². The molecule has 1 aromatic rings. The second-order valence-corrected chi connectivity index (χ2v) is 6.04. The number of nitrogens with zero attached hydrogens (tertiary/aromatic N) is 1. The Morgan fingerprint density at radius 3 is 2.80 bits per heavy atom. The van der Waals surface area contributed by atoms with Gasteiger partial charge < -0.3 is 10.2 Å². The van der Waals surface area contributed by atoms with Gasteiger partial charge in [0.15, 0.2) is 0 Å². The molecule has 2 rings (SSSR count). The minimum absolute atomic E-state index is 0.186. The van der Waals surface area contributed by atoms with Crippen molar-refractivity contribution in [2.45, 2.75) is 32.6 Å². The monoisotopic (exact) mass is 274 g/mol. The Kier molecular flexibility index (Phi) is 5.60. The number of amides is 1. The van der Waals surface area contributed by atoms with Gasteiger partial charge in [-0.2, -0.15) is 0 Å². The molecule has 1 aliphatic rings. The lowest BCUT2D eigenvalue weighted by atomic mass is 9.97. The maximum atomic E-state index is 11.9. The topological polar surface area (TPSA) is 32.3 Å². The molecule has 1 N–H and O–H groups in total. The molecule has 0 unspecified atom stereocenters. The minimum atomic E-state index is 0.186. The van der Waals surface area contributed by atoms with E-state index in [4.69, 9.17) is 0 Å². The summed E-state index contributed by atoms with van der Waals surface area (Å²) in [5.74, 6) is 0.847. The van der Waals surface area contributed by atoms with Crippen molar-refractivity contribution in [2.24, 2.45) is 5.92 Å². The number of hydrogen-bond donors (Lipinski definition) is 1. The van der Waals surface area contributed by atoms with Crippen LogP contribution in [0, 0.1) is 12.8 Å². The molecule has 0 radical (unpaired) electrons. The van der Waals surface area contributed by atoms with Crippen LogP contribution in [-0.2, 0) is 11.2 Å². The maximum Gasteiger partial charge on any atom is 0.220 e. The fraction of sp³-hybridized carbons (Fsp3) is 0.588. The first-order valence-corrected chi connectivity index (χ1v) is 7.64. The third-order valence-electron chi connectivity index (χ3n) is 4.15. The highest BCUT2D eigenvalue weighted by atomic mass is 16.1. The van der Waals surface area contributed by atoms with Crippen molar-refractivity contribution in [3.8, 4) is 0 Å². The van der Waals surface area contributed by atoms with Crippen molar-refractivity contribution in [3.05, 3.63) is 35.4 Å². The Labute approximate surface area is 122 Å². The number of carbonyl (C=O) groups is 1. The van der Waals surface area contributed by atoms with Crippen molar-refractivity contribution < 1.29 is 4.79 Å². The average molecular weight is 274 g/mol. The number of hydrogen-bond acceptors (Lipinski definition) is 2. The van der Waals surface area contributed by atoms with Crippen molar-refractivity contribution in [2.75, 3.05) is 26.7 Å². The second-order valence-electron chi connectivity index (χ2n) is 6.04. The average Bonchev–Trinajstić information content (AvgIpc) is 2.45. The minimum Gasteiger partial charge on any atom is -0.356 e. The van der Waals surface area contributed by atoms with Gasteiger partial charge in [0.1, 0.15) is 0 Å². The lowest BCUT2D eigenvalue weighted by molar-refractivity contribution is -0.121. The third kappa shape index (κ3) is 4.97. The third-order valence-corrected chi connectivity index (χ3v) is 4.15. The number of carbonyl (C=O) groups excluding carboxylic acids is 1. The summed E-state index contributed by atoms with van der Waals surface area (Å²) < 4.78 is 0. The summed E-state index contributed by atoms with van der Waals surface area (Å²) >= 11 is 0. The molecule has 0 spiro atoms. The SMILES string of the molecule is Cc1cccc(CCC(=O)NCC2CCN(C)CC2)c1. The lowest BCUT2D eigenvalue weighted by Gasteiger charge is -2.28. The summed E-state index contributed by atoms with van der Waals surface area (Å²) in [4.78, 5) is 14.2. The molecule has 1 amide bonds. The molecule has 110 valence electrons. The first-order chi connectivity index (χ1) is 9.63. The highest BCUT2D eigenvalue weighted by molar-refractivity contribution is 5.76. The second kappa shape index (κ2) is 7.44. The Hall–Kier alpha value is -1.35.